The predicted molar refractivity (Wildman–Crippen MR) is 96.0 cm³/mol. The molecule has 0 spiro atoms. The predicted octanol–water partition coefficient (Wildman–Crippen LogP) is 2.56. The number of methoxy groups -OCH3 is 1. The normalized spacial score (nSPS) is 11.4. The summed E-state index contributed by atoms with van der Waals surface area (Å²) in [6, 6.07) is 5.49. The third-order valence-electron chi connectivity index (χ3n) is 4.29. The first-order valence-corrected chi connectivity index (χ1v) is 8.31. The van der Waals surface area contributed by atoms with Gasteiger partial charge in [0.15, 0.2) is 17.0 Å². The van der Waals surface area contributed by atoms with Crippen molar-refractivity contribution in [1.29, 1.82) is 0 Å². The molecule has 4 rings (SSSR count). The summed E-state index contributed by atoms with van der Waals surface area (Å²) in [7, 11) is 1.34. The van der Waals surface area contributed by atoms with Gasteiger partial charge in [0.2, 0.25) is 0 Å². The number of fused-ring (bicyclic) bond motifs is 3. The van der Waals surface area contributed by atoms with Crippen molar-refractivity contribution in [2.45, 2.75) is 27.3 Å². The van der Waals surface area contributed by atoms with Crippen LogP contribution in [0.25, 0.3) is 28.1 Å². The molecule has 0 N–H and O–H groups in total. The van der Waals surface area contributed by atoms with Gasteiger partial charge in [0.1, 0.15) is 5.69 Å². The van der Waals surface area contributed by atoms with Gasteiger partial charge in [0.05, 0.1) is 18.2 Å². The van der Waals surface area contributed by atoms with Gasteiger partial charge in [-0.2, -0.15) is 5.10 Å². The fourth-order valence-corrected chi connectivity index (χ4v) is 3.08. The fourth-order valence-electron chi connectivity index (χ4n) is 3.08. The maximum atomic E-state index is 12.3. The molecule has 4 aromatic rings. The van der Waals surface area contributed by atoms with Gasteiger partial charge in [-0.1, -0.05) is 0 Å². The lowest BCUT2D eigenvalue weighted by Gasteiger charge is -2.05. The van der Waals surface area contributed by atoms with Crippen LogP contribution in [0.15, 0.2) is 24.4 Å². The van der Waals surface area contributed by atoms with Crippen LogP contribution >= 0.6 is 0 Å². The number of carbonyl (C=O) groups is 1. The Bertz CT molecular complexity index is 1160. The minimum absolute atomic E-state index is 0.286. The highest BCUT2D eigenvalue weighted by molar-refractivity contribution is 5.97. The van der Waals surface area contributed by atoms with Gasteiger partial charge < -0.3 is 4.74 Å². The van der Waals surface area contributed by atoms with E-state index in [4.69, 9.17) is 9.72 Å². The molecule has 0 saturated carbocycles. The van der Waals surface area contributed by atoms with Gasteiger partial charge >= 0.3 is 5.97 Å². The number of carbonyl (C=O) groups excluding carboxylic acids is 1. The molecule has 8 nitrogen and oxygen atoms in total. The molecule has 0 saturated heterocycles. The summed E-state index contributed by atoms with van der Waals surface area (Å²) < 4.78 is 8.24. The molecule has 0 unspecified atom stereocenters. The van der Waals surface area contributed by atoms with E-state index < -0.39 is 5.97 Å². The second-order valence-corrected chi connectivity index (χ2v) is 6.09. The molecule has 132 valence electrons. The fraction of sp³-hybridized carbons (Fsp3) is 0.278. The van der Waals surface area contributed by atoms with Crippen molar-refractivity contribution in [3.05, 3.63) is 41.3 Å². The van der Waals surface area contributed by atoms with Crippen LogP contribution < -0.4 is 0 Å². The zero-order valence-electron chi connectivity index (χ0n) is 15.0. The number of pyridine rings is 1. The van der Waals surface area contributed by atoms with E-state index in [0.29, 0.717) is 22.7 Å². The van der Waals surface area contributed by atoms with E-state index >= 15 is 0 Å². The molecule has 0 radical (unpaired) electrons. The Labute approximate surface area is 149 Å². The van der Waals surface area contributed by atoms with Crippen molar-refractivity contribution in [2.75, 3.05) is 7.11 Å². The van der Waals surface area contributed by atoms with Crippen molar-refractivity contribution < 1.29 is 9.53 Å². The van der Waals surface area contributed by atoms with E-state index in [2.05, 4.69) is 15.2 Å². The molecule has 0 aliphatic rings. The molecular weight excluding hydrogens is 332 g/mol. The number of hydrogen-bond donors (Lipinski definition) is 0. The van der Waals surface area contributed by atoms with E-state index in [1.165, 1.54) is 11.6 Å². The van der Waals surface area contributed by atoms with Crippen molar-refractivity contribution >= 4 is 22.6 Å². The third kappa shape index (κ3) is 2.42. The van der Waals surface area contributed by atoms with Gasteiger partial charge in [-0.3, -0.25) is 4.68 Å². The second kappa shape index (κ2) is 5.91. The van der Waals surface area contributed by atoms with Crippen molar-refractivity contribution in [3.63, 3.8) is 0 Å². The average molecular weight is 350 g/mol. The van der Waals surface area contributed by atoms with Crippen LogP contribution in [0.3, 0.4) is 0 Å². The highest BCUT2D eigenvalue weighted by atomic mass is 16.5. The number of ether oxygens (including phenoxy) is 1. The quantitative estimate of drug-likeness (QED) is 0.528. The first-order chi connectivity index (χ1) is 12.5. The summed E-state index contributed by atoms with van der Waals surface area (Å²) in [6.07, 6.45) is 1.88. The molecule has 8 heteroatoms. The Hall–Kier alpha value is -3.29. The lowest BCUT2D eigenvalue weighted by Crippen LogP contribution is -2.10. The molecular formula is C18H18N6O2. The molecule has 0 atom stereocenters. The van der Waals surface area contributed by atoms with Crippen molar-refractivity contribution in [1.82, 2.24) is 29.4 Å². The number of esters is 1. The van der Waals surface area contributed by atoms with Gasteiger partial charge in [-0.25, -0.2) is 19.3 Å². The highest BCUT2D eigenvalue weighted by Crippen LogP contribution is 2.26. The van der Waals surface area contributed by atoms with Crippen LogP contribution in [0.2, 0.25) is 0 Å². The van der Waals surface area contributed by atoms with E-state index in [1.54, 1.807) is 6.07 Å². The lowest BCUT2D eigenvalue weighted by molar-refractivity contribution is 0.0591. The van der Waals surface area contributed by atoms with Crippen LogP contribution in [0.4, 0.5) is 0 Å². The molecule has 0 aromatic carbocycles. The summed E-state index contributed by atoms with van der Waals surface area (Å²) >= 11 is 0. The van der Waals surface area contributed by atoms with Crippen LogP contribution in [-0.2, 0) is 11.3 Å². The molecule has 0 bridgehead atoms. The maximum absolute atomic E-state index is 12.3. The Morgan fingerprint density at radius 2 is 1.96 bits per heavy atom. The SMILES string of the molecule is CCn1ccc(-c2cc(C(=O)OC)n3nc4nc(C)cc(C)c4c3n2)n1. The van der Waals surface area contributed by atoms with E-state index in [-0.39, 0.29) is 5.69 Å². The minimum Gasteiger partial charge on any atom is -0.464 e. The molecule has 0 amide bonds. The smallest absolute Gasteiger partial charge is 0.356 e. The first kappa shape index (κ1) is 16.2. The van der Waals surface area contributed by atoms with E-state index in [1.807, 2.05) is 43.8 Å². The summed E-state index contributed by atoms with van der Waals surface area (Å²) in [5.41, 5.74) is 4.54. The molecule has 4 aromatic heterocycles. The van der Waals surface area contributed by atoms with Gasteiger partial charge in [-0.05, 0) is 44.5 Å². The number of nitrogens with zero attached hydrogens (tertiary/aromatic N) is 6. The average Bonchev–Trinajstić information content (AvgIpc) is 3.24. The monoisotopic (exact) mass is 350 g/mol. The number of aryl methyl sites for hydroxylation is 3. The number of aromatic nitrogens is 6. The summed E-state index contributed by atoms with van der Waals surface area (Å²) in [6.45, 7) is 6.66. The van der Waals surface area contributed by atoms with Crippen molar-refractivity contribution in [3.8, 4) is 11.4 Å². The number of rotatable bonds is 3. The van der Waals surface area contributed by atoms with Gasteiger partial charge in [-0.15, -0.1) is 5.10 Å². The summed E-state index contributed by atoms with van der Waals surface area (Å²) in [4.78, 5) is 21.5. The summed E-state index contributed by atoms with van der Waals surface area (Å²) in [5, 5.41) is 9.79. The van der Waals surface area contributed by atoms with Crippen molar-refractivity contribution in [2.24, 2.45) is 0 Å². The Balaban J connectivity index is 2.08. The zero-order valence-corrected chi connectivity index (χ0v) is 15.0. The van der Waals surface area contributed by atoms with E-state index in [0.717, 1.165) is 23.2 Å². The maximum Gasteiger partial charge on any atom is 0.356 e. The second-order valence-electron chi connectivity index (χ2n) is 6.09. The molecule has 26 heavy (non-hydrogen) atoms. The highest BCUT2D eigenvalue weighted by Gasteiger charge is 2.20. The van der Waals surface area contributed by atoms with Crippen LogP contribution in [-0.4, -0.2) is 42.4 Å². The topological polar surface area (TPSA) is 87.2 Å². The number of hydrogen-bond acceptors (Lipinski definition) is 6. The molecule has 0 fully saturated rings. The zero-order chi connectivity index (χ0) is 18.4. The van der Waals surface area contributed by atoms with Gasteiger partial charge in [0, 0.05) is 18.4 Å². The first-order valence-electron chi connectivity index (χ1n) is 8.31. The molecule has 0 aliphatic carbocycles. The minimum atomic E-state index is -0.490. The largest absolute Gasteiger partial charge is 0.464 e. The van der Waals surface area contributed by atoms with Crippen LogP contribution in [0.1, 0.15) is 28.7 Å². The Morgan fingerprint density at radius 3 is 2.65 bits per heavy atom. The summed E-state index contributed by atoms with van der Waals surface area (Å²) in [5.74, 6) is -0.490. The van der Waals surface area contributed by atoms with E-state index in [9.17, 15) is 4.79 Å². The standard InChI is InChI=1S/C18H18N6O2/c1-5-23-7-6-12(21-23)13-9-14(18(25)26-4)24-17(20-13)15-10(2)8-11(3)19-16(15)22-24/h6-9H,5H2,1-4H3. The Morgan fingerprint density at radius 1 is 1.15 bits per heavy atom. The lowest BCUT2D eigenvalue weighted by atomic mass is 10.2. The Kier molecular flexibility index (Phi) is 3.68. The third-order valence-corrected chi connectivity index (χ3v) is 4.29. The van der Waals surface area contributed by atoms with Crippen LogP contribution in [0, 0.1) is 13.8 Å². The molecule has 0 aliphatic heterocycles. The molecule has 4 heterocycles. The van der Waals surface area contributed by atoms with Crippen LogP contribution in [0.5, 0.6) is 0 Å². The van der Waals surface area contributed by atoms with Gasteiger partial charge in [0.25, 0.3) is 0 Å².